The molecule has 2 rings (SSSR count). The number of rotatable bonds is 10. The Morgan fingerprint density at radius 2 is 1.77 bits per heavy atom. The van der Waals surface area contributed by atoms with Crippen LogP contribution in [0.1, 0.15) is 65.5 Å². The molecule has 2 unspecified atom stereocenters. The molecule has 0 saturated heterocycles. The number of nitrogens with one attached hydrogen (secondary N) is 2. The van der Waals surface area contributed by atoms with Gasteiger partial charge in [0.05, 0.1) is 7.11 Å². The first-order chi connectivity index (χ1) is 16.3. The van der Waals surface area contributed by atoms with Crippen molar-refractivity contribution in [1.29, 1.82) is 0 Å². The molecular formula is C25H37N3O7. The summed E-state index contributed by atoms with van der Waals surface area (Å²) in [6, 6.07) is 3.82. The van der Waals surface area contributed by atoms with Gasteiger partial charge in [0.25, 0.3) is 0 Å². The Morgan fingerprint density at radius 1 is 1.14 bits per heavy atom. The van der Waals surface area contributed by atoms with Crippen molar-refractivity contribution in [3.8, 4) is 5.75 Å². The molecule has 0 radical (unpaired) electrons. The SMILES string of the molecule is COC(=O)CNC(=O)C(c1ccccc1O)N(C(=O)C(CC(C)C)NC(=O)OC(C)(C)C)C1CC1. The Balaban J connectivity index is 2.43. The van der Waals surface area contributed by atoms with E-state index in [-0.39, 0.29) is 23.3 Å². The van der Waals surface area contributed by atoms with Crippen LogP contribution in [0.25, 0.3) is 0 Å². The predicted molar refractivity (Wildman–Crippen MR) is 128 cm³/mol. The number of methoxy groups -OCH3 is 1. The van der Waals surface area contributed by atoms with Crippen LogP contribution >= 0.6 is 0 Å². The van der Waals surface area contributed by atoms with Crippen LogP contribution in [0.2, 0.25) is 0 Å². The van der Waals surface area contributed by atoms with Gasteiger partial charge in [0.2, 0.25) is 11.8 Å². The molecular weight excluding hydrogens is 454 g/mol. The summed E-state index contributed by atoms with van der Waals surface area (Å²) in [6.45, 7) is 8.62. The Labute approximate surface area is 206 Å². The van der Waals surface area contributed by atoms with Gasteiger partial charge in [-0.1, -0.05) is 32.0 Å². The summed E-state index contributed by atoms with van der Waals surface area (Å²) in [6.07, 6.45) is 0.919. The molecule has 10 heteroatoms. The minimum absolute atomic E-state index is 0.0525. The normalized spacial score (nSPS) is 15.1. The van der Waals surface area contributed by atoms with Crippen molar-refractivity contribution in [2.45, 2.75) is 77.6 Å². The number of esters is 1. The second-order valence-corrected chi connectivity index (χ2v) is 10.1. The fourth-order valence-corrected chi connectivity index (χ4v) is 3.66. The zero-order valence-corrected chi connectivity index (χ0v) is 21.3. The molecule has 0 bridgehead atoms. The fourth-order valence-electron chi connectivity index (χ4n) is 3.66. The molecule has 2 atom stereocenters. The number of carbonyl (C=O) groups excluding carboxylic acids is 4. The molecule has 0 spiro atoms. The molecule has 10 nitrogen and oxygen atoms in total. The number of amides is 3. The van der Waals surface area contributed by atoms with E-state index in [9.17, 15) is 24.3 Å². The van der Waals surface area contributed by atoms with E-state index in [1.165, 1.54) is 18.1 Å². The van der Waals surface area contributed by atoms with Gasteiger partial charge in [-0.2, -0.15) is 0 Å². The monoisotopic (exact) mass is 491 g/mol. The number of hydrogen-bond acceptors (Lipinski definition) is 7. The minimum Gasteiger partial charge on any atom is -0.508 e. The number of carbonyl (C=O) groups is 4. The topological polar surface area (TPSA) is 134 Å². The lowest BCUT2D eigenvalue weighted by Crippen LogP contribution is -2.54. The van der Waals surface area contributed by atoms with Crippen LogP contribution in [0, 0.1) is 5.92 Å². The van der Waals surface area contributed by atoms with E-state index in [1.54, 1.807) is 39.0 Å². The quantitative estimate of drug-likeness (QED) is 0.428. The maximum Gasteiger partial charge on any atom is 0.408 e. The standard InChI is InChI=1S/C25H37N3O7/c1-15(2)13-18(27-24(33)35-25(3,4)5)23(32)28(16-11-12-16)21(17-9-7-8-10-19(17)29)22(31)26-14-20(30)34-6/h7-10,15-16,18,21,29H,11-14H2,1-6H3,(H,26,31)(H,27,33). The average molecular weight is 492 g/mol. The number of benzene rings is 1. The van der Waals surface area contributed by atoms with Crippen molar-refractivity contribution in [1.82, 2.24) is 15.5 Å². The summed E-state index contributed by atoms with van der Waals surface area (Å²) < 4.78 is 9.95. The Bertz CT molecular complexity index is 922. The first-order valence-corrected chi connectivity index (χ1v) is 11.8. The largest absolute Gasteiger partial charge is 0.508 e. The molecule has 0 aromatic heterocycles. The number of phenols is 1. The average Bonchev–Trinajstić information content (AvgIpc) is 3.58. The Hall–Kier alpha value is -3.30. The van der Waals surface area contributed by atoms with Gasteiger partial charge in [0.1, 0.15) is 30.0 Å². The summed E-state index contributed by atoms with van der Waals surface area (Å²) in [5.41, 5.74) is -0.534. The molecule has 35 heavy (non-hydrogen) atoms. The zero-order valence-electron chi connectivity index (χ0n) is 21.3. The van der Waals surface area contributed by atoms with E-state index in [1.807, 2.05) is 13.8 Å². The summed E-state index contributed by atoms with van der Waals surface area (Å²) in [5.74, 6) is -1.87. The number of aromatic hydroxyl groups is 1. The maximum absolute atomic E-state index is 13.9. The van der Waals surface area contributed by atoms with Gasteiger partial charge >= 0.3 is 12.1 Å². The van der Waals surface area contributed by atoms with Crippen LogP contribution in [-0.4, -0.2) is 65.2 Å². The van der Waals surface area contributed by atoms with E-state index in [2.05, 4.69) is 15.4 Å². The molecule has 1 aliphatic carbocycles. The van der Waals surface area contributed by atoms with E-state index in [0.29, 0.717) is 19.3 Å². The summed E-state index contributed by atoms with van der Waals surface area (Å²) in [7, 11) is 1.20. The van der Waals surface area contributed by atoms with Crippen molar-refractivity contribution in [2.75, 3.05) is 13.7 Å². The zero-order chi connectivity index (χ0) is 26.3. The van der Waals surface area contributed by atoms with Crippen molar-refractivity contribution in [2.24, 2.45) is 5.92 Å². The van der Waals surface area contributed by atoms with Crippen LogP contribution in [0.3, 0.4) is 0 Å². The molecule has 194 valence electrons. The van der Waals surface area contributed by atoms with Crippen LogP contribution < -0.4 is 10.6 Å². The highest BCUT2D eigenvalue weighted by Crippen LogP contribution is 2.38. The summed E-state index contributed by atoms with van der Waals surface area (Å²) in [5, 5.41) is 15.7. The van der Waals surface area contributed by atoms with E-state index >= 15 is 0 Å². The second-order valence-electron chi connectivity index (χ2n) is 10.1. The lowest BCUT2D eigenvalue weighted by Gasteiger charge is -2.35. The van der Waals surface area contributed by atoms with Crippen molar-refractivity contribution < 1.29 is 33.8 Å². The Morgan fingerprint density at radius 3 is 2.29 bits per heavy atom. The third kappa shape index (κ3) is 8.45. The van der Waals surface area contributed by atoms with Crippen LogP contribution in [0.4, 0.5) is 4.79 Å². The molecule has 0 heterocycles. The van der Waals surface area contributed by atoms with Crippen molar-refractivity contribution in [3.63, 3.8) is 0 Å². The van der Waals surface area contributed by atoms with E-state index in [4.69, 9.17) is 4.74 Å². The second kappa shape index (κ2) is 11.9. The fraction of sp³-hybridized carbons (Fsp3) is 0.600. The third-order valence-electron chi connectivity index (χ3n) is 5.28. The van der Waals surface area contributed by atoms with Crippen molar-refractivity contribution >= 4 is 23.9 Å². The highest BCUT2D eigenvalue weighted by atomic mass is 16.6. The van der Waals surface area contributed by atoms with Gasteiger partial charge in [-0.05, 0) is 52.0 Å². The molecule has 1 aliphatic rings. The third-order valence-corrected chi connectivity index (χ3v) is 5.28. The van der Waals surface area contributed by atoms with Gasteiger partial charge in [0.15, 0.2) is 0 Å². The molecule has 3 amide bonds. The van der Waals surface area contributed by atoms with Crippen LogP contribution in [0.5, 0.6) is 5.75 Å². The number of ether oxygens (including phenoxy) is 2. The van der Waals surface area contributed by atoms with Crippen LogP contribution in [0.15, 0.2) is 24.3 Å². The maximum atomic E-state index is 13.9. The number of phenolic OH excluding ortho intramolecular Hbond substituents is 1. The molecule has 1 aromatic carbocycles. The lowest BCUT2D eigenvalue weighted by molar-refractivity contribution is -0.145. The highest BCUT2D eigenvalue weighted by Gasteiger charge is 2.45. The minimum atomic E-state index is -1.21. The molecule has 1 fully saturated rings. The number of para-hydroxylation sites is 1. The predicted octanol–water partition coefficient (Wildman–Crippen LogP) is 2.65. The summed E-state index contributed by atoms with van der Waals surface area (Å²) in [4.78, 5) is 52.8. The number of hydrogen-bond donors (Lipinski definition) is 3. The van der Waals surface area contributed by atoms with Crippen LogP contribution in [-0.2, 0) is 23.9 Å². The number of nitrogens with zero attached hydrogens (tertiary/aromatic N) is 1. The lowest BCUT2D eigenvalue weighted by atomic mass is 9.98. The first kappa shape index (κ1) is 27.9. The first-order valence-electron chi connectivity index (χ1n) is 11.8. The van der Waals surface area contributed by atoms with Crippen molar-refractivity contribution in [3.05, 3.63) is 29.8 Å². The van der Waals surface area contributed by atoms with E-state index < -0.39 is 48.1 Å². The summed E-state index contributed by atoms with van der Waals surface area (Å²) >= 11 is 0. The van der Waals surface area contributed by atoms with Gasteiger partial charge in [-0.25, -0.2) is 4.79 Å². The smallest absolute Gasteiger partial charge is 0.408 e. The van der Waals surface area contributed by atoms with Gasteiger partial charge < -0.3 is 30.1 Å². The highest BCUT2D eigenvalue weighted by molar-refractivity contribution is 5.94. The van der Waals surface area contributed by atoms with Gasteiger partial charge in [-0.15, -0.1) is 0 Å². The van der Waals surface area contributed by atoms with Gasteiger partial charge in [-0.3, -0.25) is 14.4 Å². The Kier molecular flexibility index (Phi) is 9.50. The molecule has 1 saturated carbocycles. The molecule has 0 aliphatic heterocycles. The van der Waals surface area contributed by atoms with Gasteiger partial charge in [0, 0.05) is 11.6 Å². The number of alkyl carbamates (subject to hydrolysis) is 1. The molecule has 3 N–H and O–H groups in total. The van der Waals surface area contributed by atoms with E-state index in [0.717, 1.165) is 0 Å². The molecule has 1 aromatic rings.